The maximum absolute atomic E-state index is 5.70. The summed E-state index contributed by atoms with van der Waals surface area (Å²) in [7, 11) is 0. The van der Waals surface area contributed by atoms with Gasteiger partial charge in [-0.15, -0.1) is 0 Å². The second-order valence-electron chi connectivity index (χ2n) is 4.95. The number of nitrogens with one attached hydrogen (secondary N) is 1. The quantitative estimate of drug-likeness (QED) is 0.865. The zero-order chi connectivity index (χ0) is 13.1. The van der Waals surface area contributed by atoms with E-state index in [4.69, 9.17) is 9.15 Å². The van der Waals surface area contributed by atoms with Gasteiger partial charge in [-0.1, -0.05) is 0 Å². The molecule has 2 heterocycles. The molecule has 1 aliphatic rings. The zero-order valence-corrected chi connectivity index (χ0v) is 11.1. The lowest BCUT2D eigenvalue weighted by atomic mass is 10.3. The van der Waals surface area contributed by atoms with Gasteiger partial charge < -0.3 is 14.5 Å². The Morgan fingerprint density at radius 3 is 3.16 bits per heavy atom. The number of nitrogens with zero attached hydrogens (tertiary/aromatic N) is 1. The van der Waals surface area contributed by atoms with Crippen molar-refractivity contribution in [2.24, 2.45) is 0 Å². The minimum Gasteiger partial charge on any atom is -0.484 e. The highest BCUT2D eigenvalue weighted by atomic mass is 16.5. The van der Waals surface area contributed by atoms with E-state index in [1.807, 2.05) is 25.1 Å². The van der Waals surface area contributed by atoms with Crippen LogP contribution in [0.5, 0.6) is 5.75 Å². The molecule has 0 saturated heterocycles. The van der Waals surface area contributed by atoms with Crippen LogP contribution in [-0.2, 0) is 13.2 Å². The number of rotatable bonds is 6. The fraction of sp³-hybridized carbons (Fsp3) is 0.400. The summed E-state index contributed by atoms with van der Waals surface area (Å²) in [6.45, 7) is 3.25. The van der Waals surface area contributed by atoms with Crippen molar-refractivity contribution in [2.75, 3.05) is 0 Å². The van der Waals surface area contributed by atoms with Crippen molar-refractivity contribution >= 4 is 0 Å². The van der Waals surface area contributed by atoms with Crippen LogP contribution in [0, 0.1) is 6.92 Å². The molecule has 100 valence electrons. The van der Waals surface area contributed by atoms with Crippen LogP contribution in [0.4, 0.5) is 0 Å². The van der Waals surface area contributed by atoms with Crippen molar-refractivity contribution in [2.45, 2.75) is 39.0 Å². The van der Waals surface area contributed by atoms with Gasteiger partial charge in [0.25, 0.3) is 0 Å². The zero-order valence-electron chi connectivity index (χ0n) is 11.1. The smallest absolute Gasteiger partial charge is 0.146 e. The minimum absolute atomic E-state index is 0.440. The van der Waals surface area contributed by atoms with Gasteiger partial charge in [-0.25, -0.2) is 0 Å². The molecule has 0 spiro atoms. The van der Waals surface area contributed by atoms with Crippen LogP contribution in [0.15, 0.2) is 35.1 Å². The van der Waals surface area contributed by atoms with Crippen molar-refractivity contribution in [1.29, 1.82) is 0 Å². The molecule has 1 aliphatic carbocycles. The minimum atomic E-state index is 0.440. The van der Waals surface area contributed by atoms with E-state index in [2.05, 4.69) is 10.3 Å². The maximum Gasteiger partial charge on any atom is 0.146 e. The summed E-state index contributed by atoms with van der Waals surface area (Å²) in [4.78, 5) is 4.19. The van der Waals surface area contributed by atoms with E-state index in [1.54, 1.807) is 12.5 Å². The molecular weight excluding hydrogens is 240 g/mol. The third-order valence-electron chi connectivity index (χ3n) is 3.21. The predicted molar refractivity (Wildman–Crippen MR) is 71.9 cm³/mol. The Hall–Kier alpha value is -1.81. The molecule has 0 aromatic carbocycles. The standard InChI is InChI=1S/C15H18N2O2/c1-11-15(3-2-6-16-11)19-10-14-7-12(9-18-14)8-17-13-4-5-13/h2-3,6-7,9,13,17H,4-5,8,10H2,1H3. The molecule has 0 atom stereocenters. The second-order valence-corrected chi connectivity index (χ2v) is 4.95. The van der Waals surface area contributed by atoms with Gasteiger partial charge >= 0.3 is 0 Å². The maximum atomic E-state index is 5.70. The highest BCUT2D eigenvalue weighted by molar-refractivity contribution is 5.25. The van der Waals surface area contributed by atoms with Gasteiger partial charge in [-0.3, -0.25) is 4.98 Å². The van der Waals surface area contributed by atoms with Crippen molar-refractivity contribution in [3.63, 3.8) is 0 Å². The predicted octanol–water partition coefficient (Wildman–Crippen LogP) is 2.81. The molecular formula is C15H18N2O2. The van der Waals surface area contributed by atoms with Gasteiger partial charge in [0.2, 0.25) is 0 Å². The molecule has 0 unspecified atom stereocenters. The van der Waals surface area contributed by atoms with Gasteiger partial charge in [0.1, 0.15) is 18.1 Å². The highest BCUT2D eigenvalue weighted by Crippen LogP contribution is 2.20. The Labute approximate surface area is 112 Å². The van der Waals surface area contributed by atoms with Gasteiger partial charge in [0.05, 0.1) is 12.0 Å². The molecule has 2 aromatic rings. The number of furan rings is 1. The summed E-state index contributed by atoms with van der Waals surface area (Å²) in [6.07, 6.45) is 6.16. The first-order valence-electron chi connectivity index (χ1n) is 6.65. The van der Waals surface area contributed by atoms with E-state index in [0.29, 0.717) is 12.6 Å². The fourth-order valence-corrected chi connectivity index (χ4v) is 1.92. The summed E-state index contributed by atoms with van der Waals surface area (Å²) in [5.74, 6) is 1.65. The average Bonchev–Trinajstić information content (AvgIpc) is 3.14. The summed E-state index contributed by atoms with van der Waals surface area (Å²) in [5, 5.41) is 3.46. The molecule has 2 aromatic heterocycles. The Balaban J connectivity index is 1.53. The molecule has 19 heavy (non-hydrogen) atoms. The molecule has 1 saturated carbocycles. The van der Waals surface area contributed by atoms with Crippen molar-refractivity contribution in [1.82, 2.24) is 10.3 Å². The van der Waals surface area contributed by atoms with E-state index in [9.17, 15) is 0 Å². The Morgan fingerprint density at radius 2 is 2.37 bits per heavy atom. The van der Waals surface area contributed by atoms with E-state index in [-0.39, 0.29) is 0 Å². The lowest BCUT2D eigenvalue weighted by molar-refractivity contribution is 0.267. The molecule has 1 fully saturated rings. The van der Waals surface area contributed by atoms with E-state index in [0.717, 1.165) is 23.7 Å². The first kappa shape index (κ1) is 12.2. The number of hydrogen-bond donors (Lipinski definition) is 1. The number of ether oxygens (including phenoxy) is 1. The Morgan fingerprint density at radius 1 is 1.47 bits per heavy atom. The lowest BCUT2D eigenvalue weighted by Gasteiger charge is -2.05. The third-order valence-corrected chi connectivity index (χ3v) is 3.21. The highest BCUT2D eigenvalue weighted by Gasteiger charge is 2.20. The van der Waals surface area contributed by atoms with Gasteiger partial charge in [0, 0.05) is 24.3 Å². The van der Waals surface area contributed by atoms with Crippen LogP contribution < -0.4 is 10.1 Å². The number of hydrogen-bond acceptors (Lipinski definition) is 4. The number of pyridine rings is 1. The van der Waals surface area contributed by atoms with Crippen LogP contribution in [0.1, 0.15) is 29.9 Å². The molecule has 3 rings (SSSR count). The van der Waals surface area contributed by atoms with Crippen LogP contribution >= 0.6 is 0 Å². The van der Waals surface area contributed by atoms with Crippen molar-refractivity contribution < 1.29 is 9.15 Å². The van der Waals surface area contributed by atoms with Crippen LogP contribution in [-0.4, -0.2) is 11.0 Å². The SMILES string of the molecule is Cc1ncccc1OCc1cc(CNC2CC2)co1. The summed E-state index contributed by atoms with van der Waals surface area (Å²) >= 11 is 0. The summed E-state index contributed by atoms with van der Waals surface area (Å²) in [6, 6.07) is 6.55. The average molecular weight is 258 g/mol. The monoisotopic (exact) mass is 258 g/mol. The topological polar surface area (TPSA) is 47.3 Å². The van der Waals surface area contributed by atoms with Crippen molar-refractivity contribution in [3.8, 4) is 5.75 Å². The van der Waals surface area contributed by atoms with E-state index < -0.39 is 0 Å². The van der Waals surface area contributed by atoms with Crippen molar-refractivity contribution in [3.05, 3.63) is 47.7 Å². The molecule has 4 heteroatoms. The largest absolute Gasteiger partial charge is 0.484 e. The van der Waals surface area contributed by atoms with Crippen LogP contribution in [0.3, 0.4) is 0 Å². The lowest BCUT2D eigenvalue weighted by Crippen LogP contribution is -2.14. The number of aryl methyl sites for hydroxylation is 1. The molecule has 4 nitrogen and oxygen atoms in total. The van der Waals surface area contributed by atoms with Crippen LogP contribution in [0.25, 0.3) is 0 Å². The fourth-order valence-electron chi connectivity index (χ4n) is 1.92. The molecule has 0 aliphatic heterocycles. The van der Waals surface area contributed by atoms with Gasteiger partial charge in [0.15, 0.2) is 0 Å². The molecule has 0 amide bonds. The first-order chi connectivity index (χ1) is 9.31. The third kappa shape index (κ3) is 3.35. The van der Waals surface area contributed by atoms with Crippen LogP contribution in [0.2, 0.25) is 0 Å². The first-order valence-corrected chi connectivity index (χ1v) is 6.65. The molecule has 0 bridgehead atoms. The summed E-state index contributed by atoms with van der Waals surface area (Å²) < 4.78 is 11.2. The molecule has 0 radical (unpaired) electrons. The van der Waals surface area contributed by atoms with E-state index in [1.165, 1.54) is 18.4 Å². The second kappa shape index (κ2) is 5.45. The number of aromatic nitrogens is 1. The Kier molecular flexibility index (Phi) is 3.51. The van der Waals surface area contributed by atoms with Gasteiger partial charge in [-0.05, 0) is 38.0 Å². The summed E-state index contributed by atoms with van der Waals surface area (Å²) in [5.41, 5.74) is 2.07. The molecule has 1 N–H and O–H groups in total. The van der Waals surface area contributed by atoms with E-state index >= 15 is 0 Å². The normalized spacial score (nSPS) is 14.6. The van der Waals surface area contributed by atoms with Gasteiger partial charge in [-0.2, -0.15) is 0 Å². The Bertz CT molecular complexity index is 547.